The van der Waals surface area contributed by atoms with Crippen LogP contribution >= 0.6 is 11.6 Å². The summed E-state index contributed by atoms with van der Waals surface area (Å²) in [5.74, 6) is -1.37. The summed E-state index contributed by atoms with van der Waals surface area (Å²) in [6.07, 6.45) is 3.81. The minimum Gasteiger partial charge on any atom is -0.478 e. The van der Waals surface area contributed by atoms with Crippen molar-refractivity contribution in [2.75, 3.05) is 0 Å². The smallest absolute Gasteiger partial charge is 0.336 e. The molecule has 1 aromatic heterocycles. The highest BCUT2D eigenvalue weighted by atomic mass is 35.5. The number of benzene rings is 2. The van der Waals surface area contributed by atoms with Crippen LogP contribution < -0.4 is 0 Å². The number of fused-ring (bicyclic) bond motifs is 2. The largest absolute Gasteiger partial charge is 0.478 e. The zero-order valence-corrected chi connectivity index (χ0v) is 14.6. The van der Waals surface area contributed by atoms with Gasteiger partial charge in [-0.2, -0.15) is 0 Å². The van der Waals surface area contributed by atoms with E-state index in [1.807, 2.05) is 12.1 Å². The summed E-state index contributed by atoms with van der Waals surface area (Å²) in [5.41, 5.74) is 3.37. The zero-order valence-electron chi connectivity index (χ0n) is 13.8. The van der Waals surface area contributed by atoms with Crippen LogP contribution in [0.2, 0.25) is 5.02 Å². The quantitative estimate of drug-likeness (QED) is 0.641. The standard InChI is InChI=1S/C21H15ClFNO2/c22-16-8-4-9-17(23)15(16)11-12-5-3-7-14-19(21(25)26)13-6-1-2-10-18(13)24-20(12)14/h1-2,4,6,8-11H,3,5,7H2,(H,25,26)/b12-11-. The van der Waals surface area contributed by atoms with E-state index in [9.17, 15) is 14.3 Å². The third-order valence-electron chi connectivity index (χ3n) is 4.70. The van der Waals surface area contributed by atoms with E-state index in [1.165, 1.54) is 6.07 Å². The lowest BCUT2D eigenvalue weighted by Crippen LogP contribution is -2.13. The Hall–Kier alpha value is -2.72. The van der Waals surface area contributed by atoms with E-state index in [-0.39, 0.29) is 5.56 Å². The fraction of sp³-hybridized carbons (Fsp3) is 0.143. The number of carboxylic acids is 1. The minimum atomic E-state index is -0.968. The maximum Gasteiger partial charge on any atom is 0.336 e. The van der Waals surface area contributed by atoms with Crippen LogP contribution in [0, 0.1) is 5.82 Å². The maximum atomic E-state index is 14.2. The van der Waals surface area contributed by atoms with Gasteiger partial charge in [-0.1, -0.05) is 35.9 Å². The number of aromatic carboxylic acids is 1. The van der Waals surface area contributed by atoms with Gasteiger partial charge in [0, 0.05) is 10.9 Å². The first-order valence-electron chi connectivity index (χ1n) is 8.36. The van der Waals surface area contributed by atoms with Gasteiger partial charge >= 0.3 is 5.97 Å². The minimum absolute atomic E-state index is 0.288. The van der Waals surface area contributed by atoms with Gasteiger partial charge in [0.1, 0.15) is 5.82 Å². The van der Waals surface area contributed by atoms with Gasteiger partial charge in [-0.05, 0) is 54.7 Å². The molecular weight excluding hydrogens is 353 g/mol. The Balaban J connectivity index is 2.00. The van der Waals surface area contributed by atoms with Crippen molar-refractivity contribution in [2.45, 2.75) is 19.3 Å². The Bertz CT molecular complexity index is 1050. The van der Waals surface area contributed by atoms with Crippen molar-refractivity contribution >= 4 is 40.1 Å². The molecule has 1 aliphatic rings. The summed E-state index contributed by atoms with van der Waals surface area (Å²) >= 11 is 6.15. The third kappa shape index (κ3) is 2.76. The van der Waals surface area contributed by atoms with Crippen molar-refractivity contribution in [1.29, 1.82) is 0 Å². The van der Waals surface area contributed by atoms with Crippen molar-refractivity contribution in [1.82, 2.24) is 4.98 Å². The third-order valence-corrected chi connectivity index (χ3v) is 5.03. The monoisotopic (exact) mass is 367 g/mol. The second-order valence-electron chi connectivity index (χ2n) is 6.29. The number of aromatic nitrogens is 1. The van der Waals surface area contributed by atoms with E-state index in [4.69, 9.17) is 16.6 Å². The molecule has 0 unspecified atom stereocenters. The van der Waals surface area contributed by atoms with Gasteiger partial charge in [0.25, 0.3) is 0 Å². The van der Waals surface area contributed by atoms with Crippen LogP contribution in [-0.2, 0) is 6.42 Å². The number of hydrogen-bond acceptors (Lipinski definition) is 2. The highest BCUT2D eigenvalue weighted by molar-refractivity contribution is 6.32. The van der Waals surface area contributed by atoms with Crippen molar-refractivity contribution in [2.24, 2.45) is 0 Å². The van der Waals surface area contributed by atoms with Gasteiger partial charge in [0.2, 0.25) is 0 Å². The topological polar surface area (TPSA) is 50.2 Å². The Morgan fingerprint density at radius 2 is 1.96 bits per heavy atom. The molecule has 0 spiro atoms. The molecule has 0 atom stereocenters. The van der Waals surface area contributed by atoms with E-state index in [0.717, 1.165) is 12.0 Å². The normalized spacial score (nSPS) is 15.2. The molecule has 0 fully saturated rings. The van der Waals surface area contributed by atoms with Crippen molar-refractivity contribution in [3.05, 3.63) is 75.7 Å². The van der Waals surface area contributed by atoms with Crippen LogP contribution in [0.15, 0.2) is 42.5 Å². The number of carbonyl (C=O) groups is 1. The lowest BCUT2D eigenvalue weighted by molar-refractivity contribution is 0.0697. The molecule has 3 aromatic rings. The number of rotatable bonds is 2. The van der Waals surface area contributed by atoms with Crippen LogP contribution in [0.3, 0.4) is 0 Å². The average Bonchev–Trinajstić information content (AvgIpc) is 2.62. The van der Waals surface area contributed by atoms with Gasteiger partial charge in [-0.3, -0.25) is 0 Å². The summed E-state index contributed by atoms with van der Waals surface area (Å²) in [7, 11) is 0. The predicted octanol–water partition coefficient (Wildman–Crippen LogP) is 5.60. The molecule has 0 bridgehead atoms. The van der Waals surface area contributed by atoms with E-state index in [0.29, 0.717) is 45.6 Å². The molecule has 1 heterocycles. The van der Waals surface area contributed by atoms with Crippen LogP contribution in [0.25, 0.3) is 22.6 Å². The highest BCUT2D eigenvalue weighted by Crippen LogP contribution is 2.37. The highest BCUT2D eigenvalue weighted by Gasteiger charge is 2.25. The molecular formula is C21H15ClFNO2. The van der Waals surface area contributed by atoms with Gasteiger partial charge < -0.3 is 5.11 Å². The molecule has 26 heavy (non-hydrogen) atoms. The summed E-state index contributed by atoms with van der Waals surface area (Å²) in [5, 5.41) is 10.7. The molecule has 3 nitrogen and oxygen atoms in total. The predicted molar refractivity (Wildman–Crippen MR) is 101 cm³/mol. The first-order valence-corrected chi connectivity index (χ1v) is 8.74. The van der Waals surface area contributed by atoms with Crippen molar-refractivity contribution in [3.8, 4) is 0 Å². The Morgan fingerprint density at radius 3 is 2.73 bits per heavy atom. The Morgan fingerprint density at radius 1 is 1.15 bits per heavy atom. The number of nitrogens with zero attached hydrogens (tertiary/aromatic N) is 1. The number of allylic oxidation sites excluding steroid dienone is 1. The SMILES string of the molecule is O=C(O)c1c2c(nc3ccccc13)/C(=C\c1c(F)cccc1Cl)CCC2. The molecule has 4 rings (SSSR count). The molecule has 0 saturated heterocycles. The Labute approximate surface area is 154 Å². The second-order valence-corrected chi connectivity index (χ2v) is 6.70. The number of pyridine rings is 1. The maximum absolute atomic E-state index is 14.2. The number of halogens is 2. The van der Waals surface area contributed by atoms with Crippen molar-refractivity contribution in [3.63, 3.8) is 0 Å². The lowest BCUT2D eigenvalue weighted by atomic mass is 9.86. The van der Waals surface area contributed by atoms with Gasteiger partial charge in [-0.25, -0.2) is 14.2 Å². The fourth-order valence-electron chi connectivity index (χ4n) is 3.54. The average molecular weight is 368 g/mol. The molecule has 0 saturated carbocycles. The van der Waals surface area contributed by atoms with Crippen LogP contribution in [-0.4, -0.2) is 16.1 Å². The first kappa shape index (κ1) is 16.7. The van der Waals surface area contributed by atoms with Crippen molar-refractivity contribution < 1.29 is 14.3 Å². The molecule has 1 aliphatic carbocycles. The molecule has 1 N–H and O–H groups in total. The van der Waals surface area contributed by atoms with Gasteiger partial charge in [-0.15, -0.1) is 0 Å². The van der Waals surface area contributed by atoms with Gasteiger partial charge in [0.15, 0.2) is 0 Å². The van der Waals surface area contributed by atoms with E-state index in [2.05, 4.69) is 0 Å². The van der Waals surface area contributed by atoms with Crippen LogP contribution in [0.4, 0.5) is 4.39 Å². The van der Waals surface area contributed by atoms with E-state index >= 15 is 0 Å². The molecule has 0 amide bonds. The summed E-state index contributed by atoms with van der Waals surface area (Å²) in [6.45, 7) is 0. The number of hydrogen-bond donors (Lipinski definition) is 1. The summed E-state index contributed by atoms with van der Waals surface area (Å²) in [6, 6.07) is 11.8. The summed E-state index contributed by atoms with van der Waals surface area (Å²) in [4.78, 5) is 16.6. The molecule has 0 radical (unpaired) electrons. The first-order chi connectivity index (χ1) is 12.6. The molecule has 5 heteroatoms. The lowest BCUT2D eigenvalue weighted by Gasteiger charge is -2.21. The second kappa shape index (κ2) is 6.54. The Kier molecular flexibility index (Phi) is 4.21. The van der Waals surface area contributed by atoms with Crippen LogP contribution in [0.5, 0.6) is 0 Å². The van der Waals surface area contributed by atoms with Crippen LogP contribution in [0.1, 0.15) is 40.0 Å². The fourth-order valence-corrected chi connectivity index (χ4v) is 3.76. The van der Waals surface area contributed by atoms with Gasteiger partial charge in [0.05, 0.1) is 21.8 Å². The zero-order chi connectivity index (χ0) is 18.3. The number of carboxylic acid groups (broad SMARTS) is 1. The molecule has 2 aromatic carbocycles. The summed E-state index contributed by atoms with van der Waals surface area (Å²) < 4.78 is 14.2. The number of para-hydroxylation sites is 1. The molecule has 0 aliphatic heterocycles. The molecule has 130 valence electrons. The van der Waals surface area contributed by atoms with E-state index < -0.39 is 11.8 Å². The van der Waals surface area contributed by atoms with E-state index in [1.54, 1.807) is 30.3 Å².